The lowest BCUT2D eigenvalue weighted by Crippen LogP contribution is -2.32. The van der Waals surface area contributed by atoms with Crippen LogP contribution in [0.4, 0.5) is 0 Å². The van der Waals surface area contributed by atoms with Gasteiger partial charge in [0.1, 0.15) is 12.9 Å². The first-order valence-corrected chi connectivity index (χ1v) is 6.05. The van der Waals surface area contributed by atoms with Gasteiger partial charge >= 0.3 is 5.97 Å². The highest BCUT2D eigenvalue weighted by Crippen LogP contribution is 2.43. The fraction of sp³-hybridized carbons (Fsp3) is 0.615. The van der Waals surface area contributed by atoms with Crippen LogP contribution < -0.4 is 4.74 Å². The maximum absolute atomic E-state index is 11.6. The van der Waals surface area contributed by atoms with Crippen molar-refractivity contribution in [3.8, 4) is 5.88 Å². The molecule has 0 unspecified atom stereocenters. The number of ether oxygens (including phenoxy) is 2. The molecule has 1 heterocycles. The summed E-state index contributed by atoms with van der Waals surface area (Å²) in [4.78, 5) is 19.7. The Morgan fingerprint density at radius 2 is 2.22 bits per heavy atom. The molecule has 5 nitrogen and oxygen atoms in total. The van der Waals surface area contributed by atoms with Crippen LogP contribution in [0.5, 0.6) is 5.88 Å². The molecule has 0 N–H and O–H groups in total. The first kappa shape index (κ1) is 12.8. The average molecular weight is 250 g/mol. The normalized spacial score (nSPS) is 15.3. The zero-order chi connectivity index (χ0) is 13.2. The maximum atomic E-state index is 11.6. The van der Waals surface area contributed by atoms with E-state index in [-0.39, 0.29) is 12.6 Å². The average Bonchev–Trinajstić information content (AvgIpc) is 3.20. The molecule has 0 bridgehead atoms. The molecule has 0 spiro atoms. The smallest absolute Gasteiger partial charge is 0.314 e. The van der Waals surface area contributed by atoms with Crippen LogP contribution in [0.1, 0.15) is 38.2 Å². The van der Waals surface area contributed by atoms with Gasteiger partial charge in [-0.1, -0.05) is 0 Å². The summed E-state index contributed by atoms with van der Waals surface area (Å²) in [6.07, 6.45) is 5.58. The highest BCUT2D eigenvalue weighted by Gasteiger charge is 2.32. The van der Waals surface area contributed by atoms with Gasteiger partial charge in [0.25, 0.3) is 0 Å². The molecule has 1 saturated carbocycles. The van der Waals surface area contributed by atoms with Gasteiger partial charge in [-0.25, -0.2) is 9.97 Å². The van der Waals surface area contributed by atoms with Crippen molar-refractivity contribution in [3.05, 3.63) is 18.1 Å². The maximum Gasteiger partial charge on any atom is 0.314 e. The van der Waals surface area contributed by atoms with Crippen molar-refractivity contribution in [2.75, 3.05) is 13.7 Å². The van der Waals surface area contributed by atoms with Crippen molar-refractivity contribution in [1.29, 1.82) is 0 Å². The first-order valence-electron chi connectivity index (χ1n) is 6.05. The fourth-order valence-electron chi connectivity index (χ4n) is 1.71. The second-order valence-corrected chi connectivity index (χ2v) is 5.22. The molecule has 0 atom stereocenters. The van der Waals surface area contributed by atoms with Gasteiger partial charge in [-0.2, -0.15) is 0 Å². The molecule has 1 aromatic rings. The summed E-state index contributed by atoms with van der Waals surface area (Å²) in [6, 6.07) is 0. The largest absolute Gasteiger partial charge is 0.476 e. The number of methoxy groups -OCH3 is 1. The van der Waals surface area contributed by atoms with Gasteiger partial charge in [-0.05, 0) is 32.6 Å². The van der Waals surface area contributed by atoms with E-state index in [0.717, 1.165) is 18.4 Å². The molecule has 98 valence electrons. The van der Waals surface area contributed by atoms with E-state index in [9.17, 15) is 4.79 Å². The van der Waals surface area contributed by atoms with Crippen molar-refractivity contribution in [2.45, 2.75) is 32.6 Å². The molecule has 0 saturated heterocycles. The lowest BCUT2D eigenvalue weighted by atomic mass is 9.95. The van der Waals surface area contributed by atoms with Gasteiger partial charge in [0, 0.05) is 11.8 Å². The summed E-state index contributed by atoms with van der Waals surface area (Å²) in [6.45, 7) is 3.82. The van der Waals surface area contributed by atoms with E-state index >= 15 is 0 Å². The Labute approximate surface area is 107 Å². The van der Waals surface area contributed by atoms with E-state index in [1.54, 1.807) is 20.0 Å². The molecule has 18 heavy (non-hydrogen) atoms. The van der Waals surface area contributed by atoms with E-state index in [1.165, 1.54) is 13.4 Å². The van der Waals surface area contributed by atoms with Crippen LogP contribution in [-0.4, -0.2) is 29.7 Å². The first-order chi connectivity index (χ1) is 8.54. The van der Waals surface area contributed by atoms with Crippen LogP contribution in [-0.2, 0) is 9.53 Å². The molecular formula is C13H18N2O3. The zero-order valence-electron chi connectivity index (χ0n) is 11.0. The molecule has 2 rings (SSSR count). The van der Waals surface area contributed by atoms with E-state index in [1.807, 2.05) is 0 Å². The van der Waals surface area contributed by atoms with Gasteiger partial charge in [-0.15, -0.1) is 0 Å². The van der Waals surface area contributed by atoms with Gasteiger partial charge in [0.05, 0.1) is 12.5 Å². The SMILES string of the molecule is COC(=O)C(C)(C)COc1ncncc1C1CC1. The molecular weight excluding hydrogens is 232 g/mol. The number of esters is 1. The summed E-state index contributed by atoms with van der Waals surface area (Å²) < 4.78 is 10.4. The van der Waals surface area contributed by atoms with E-state index < -0.39 is 5.41 Å². The number of aromatic nitrogens is 2. The Bertz CT molecular complexity index is 442. The molecule has 0 aromatic carbocycles. The van der Waals surface area contributed by atoms with E-state index in [4.69, 9.17) is 9.47 Å². The predicted molar refractivity (Wildman–Crippen MR) is 65.3 cm³/mol. The number of hydrogen-bond acceptors (Lipinski definition) is 5. The third kappa shape index (κ3) is 2.78. The number of carbonyl (C=O) groups is 1. The summed E-state index contributed by atoms with van der Waals surface area (Å²) in [5, 5.41) is 0. The van der Waals surface area contributed by atoms with E-state index in [0.29, 0.717) is 11.8 Å². The molecule has 1 aliphatic carbocycles. The fourth-order valence-corrected chi connectivity index (χ4v) is 1.71. The third-order valence-corrected chi connectivity index (χ3v) is 3.03. The van der Waals surface area contributed by atoms with Gasteiger partial charge < -0.3 is 9.47 Å². The number of nitrogens with zero attached hydrogens (tertiary/aromatic N) is 2. The number of rotatable bonds is 5. The van der Waals surface area contributed by atoms with Crippen LogP contribution >= 0.6 is 0 Å². The minimum Gasteiger partial charge on any atom is -0.476 e. The van der Waals surface area contributed by atoms with Crippen LogP contribution in [0.15, 0.2) is 12.5 Å². The Kier molecular flexibility index (Phi) is 3.50. The minimum atomic E-state index is -0.680. The highest BCUT2D eigenvalue weighted by molar-refractivity contribution is 5.75. The third-order valence-electron chi connectivity index (χ3n) is 3.03. The van der Waals surface area contributed by atoms with Crippen LogP contribution in [0.3, 0.4) is 0 Å². The lowest BCUT2D eigenvalue weighted by molar-refractivity contribution is -0.152. The van der Waals surface area contributed by atoms with Gasteiger partial charge in [0.15, 0.2) is 0 Å². The second kappa shape index (κ2) is 4.92. The zero-order valence-corrected chi connectivity index (χ0v) is 11.0. The molecule has 0 amide bonds. The summed E-state index contributed by atoms with van der Waals surface area (Å²) in [5.74, 6) is 0.816. The molecule has 0 radical (unpaired) electrons. The van der Waals surface area contributed by atoms with Crippen molar-refractivity contribution < 1.29 is 14.3 Å². The molecule has 1 fully saturated rings. The van der Waals surface area contributed by atoms with Gasteiger partial charge in [-0.3, -0.25) is 4.79 Å². The van der Waals surface area contributed by atoms with Crippen molar-refractivity contribution in [1.82, 2.24) is 9.97 Å². The topological polar surface area (TPSA) is 61.3 Å². The monoisotopic (exact) mass is 250 g/mol. The van der Waals surface area contributed by atoms with E-state index in [2.05, 4.69) is 9.97 Å². The molecule has 0 aliphatic heterocycles. The lowest BCUT2D eigenvalue weighted by Gasteiger charge is -2.21. The summed E-state index contributed by atoms with van der Waals surface area (Å²) >= 11 is 0. The summed E-state index contributed by atoms with van der Waals surface area (Å²) in [5.41, 5.74) is 0.360. The standard InChI is InChI=1S/C13H18N2O3/c1-13(2,12(16)17-3)7-18-11-10(9-4-5-9)6-14-8-15-11/h6,8-9H,4-5,7H2,1-3H3. The second-order valence-electron chi connectivity index (χ2n) is 5.22. The van der Waals surface area contributed by atoms with Crippen LogP contribution in [0, 0.1) is 5.41 Å². The van der Waals surface area contributed by atoms with Crippen LogP contribution in [0.25, 0.3) is 0 Å². The Morgan fingerprint density at radius 1 is 1.50 bits per heavy atom. The highest BCUT2D eigenvalue weighted by atomic mass is 16.5. The minimum absolute atomic E-state index is 0.246. The Morgan fingerprint density at radius 3 is 2.83 bits per heavy atom. The van der Waals surface area contributed by atoms with Crippen molar-refractivity contribution >= 4 is 5.97 Å². The van der Waals surface area contributed by atoms with Crippen molar-refractivity contribution in [2.24, 2.45) is 5.41 Å². The summed E-state index contributed by atoms with van der Waals surface area (Å²) in [7, 11) is 1.38. The quantitative estimate of drug-likeness (QED) is 0.747. The Balaban J connectivity index is 2.04. The molecule has 1 aliphatic rings. The Hall–Kier alpha value is -1.65. The predicted octanol–water partition coefficient (Wildman–Crippen LogP) is 1.93. The van der Waals surface area contributed by atoms with Crippen LogP contribution in [0.2, 0.25) is 0 Å². The van der Waals surface area contributed by atoms with Gasteiger partial charge in [0.2, 0.25) is 5.88 Å². The van der Waals surface area contributed by atoms with Crippen molar-refractivity contribution in [3.63, 3.8) is 0 Å². The molecule has 5 heteroatoms. The molecule has 1 aromatic heterocycles. The number of carbonyl (C=O) groups excluding carboxylic acids is 1. The number of hydrogen-bond donors (Lipinski definition) is 0.